The highest BCUT2D eigenvalue weighted by Gasteiger charge is 2.11. The van der Waals surface area contributed by atoms with Gasteiger partial charge in [-0.05, 0) is 18.2 Å². The zero-order valence-electron chi connectivity index (χ0n) is 7.43. The molecule has 76 valence electrons. The quantitative estimate of drug-likeness (QED) is 0.684. The van der Waals surface area contributed by atoms with Crippen LogP contribution in [-0.4, -0.2) is 16.2 Å². The number of fused-ring (bicyclic) bond motifs is 1. The predicted molar refractivity (Wildman–Crippen MR) is 51.1 cm³/mol. The van der Waals surface area contributed by atoms with Crippen molar-refractivity contribution < 1.29 is 19.4 Å². The Kier molecular flexibility index (Phi) is 1.93. The van der Waals surface area contributed by atoms with Crippen LogP contribution in [0.4, 0.5) is 0 Å². The molecule has 2 N–H and O–H groups in total. The minimum absolute atomic E-state index is 0.0475. The van der Waals surface area contributed by atoms with Gasteiger partial charge in [-0.3, -0.25) is 0 Å². The van der Waals surface area contributed by atoms with Gasteiger partial charge >= 0.3 is 11.6 Å². The number of carboxylic acid groups (broad SMARTS) is 1. The maximum Gasteiger partial charge on any atom is 0.351 e. The topological polar surface area (TPSA) is 87.7 Å². The number of rotatable bonds is 1. The van der Waals surface area contributed by atoms with Crippen molar-refractivity contribution in [2.75, 3.05) is 0 Å². The summed E-state index contributed by atoms with van der Waals surface area (Å²) in [7, 11) is 0. The third kappa shape index (κ3) is 1.54. The van der Waals surface area contributed by atoms with Gasteiger partial charge in [-0.15, -0.1) is 0 Å². The summed E-state index contributed by atoms with van der Waals surface area (Å²) in [5.41, 5.74) is -1.20. The fourth-order valence-corrected chi connectivity index (χ4v) is 1.25. The number of phenols is 1. The number of aromatic carboxylic acids is 1. The average Bonchev–Trinajstić information content (AvgIpc) is 2.15. The number of carboxylic acids is 1. The predicted octanol–water partition coefficient (Wildman–Crippen LogP) is 1.20. The highest BCUT2D eigenvalue weighted by Crippen LogP contribution is 2.18. The van der Waals surface area contributed by atoms with Crippen LogP contribution in [0.25, 0.3) is 11.0 Å². The Labute approximate surface area is 83.2 Å². The van der Waals surface area contributed by atoms with Crippen molar-refractivity contribution in [3.8, 4) is 5.75 Å². The van der Waals surface area contributed by atoms with Crippen LogP contribution < -0.4 is 5.63 Å². The number of carbonyl (C=O) groups is 1. The molecule has 2 aromatic rings. The SMILES string of the molecule is O=C(O)c1cc2ccc(O)cc2oc1=O. The minimum atomic E-state index is -1.33. The molecular formula is C10H6O5. The van der Waals surface area contributed by atoms with E-state index in [0.29, 0.717) is 5.39 Å². The van der Waals surface area contributed by atoms with Crippen LogP contribution in [0.3, 0.4) is 0 Å². The van der Waals surface area contributed by atoms with Crippen molar-refractivity contribution in [3.63, 3.8) is 0 Å². The first-order chi connectivity index (χ1) is 7.08. The van der Waals surface area contributed by atoms with Crippen molar-refractivity contribution >= 4 is 16.9 Å². The Morgan fingerprint density at radius 2 is 2.00 bits per heavy atom. The number of hydrogen-bond acceptors (Lipinski definition) is 4. The van der Waals surface area contributed by atoms with Gasteiger partial charge < -0.3 is 14.6 Å². The van der Waals surface area contributed by atoms with Crippen molar-refractivity contribution in [3.05, 3.63) is 40.2 Å². The van der Waals surface area contributed by atoms with Gasteiger partial charge in [-0.2, -0.15) is 0 Å². The van der Waals surface area contributed by atoms with Gasteiger partial charge in [0.1, 0.15) is 16.9 Å². The molecule has 0 saturated heterocycles. The van der Waals surface area contributed by atoms with Crippen LogP contribution in [0.2, 0.25) is 0 Å². The van der Waals surface area contributed by atoms with Gasteiger partial charge in [-0.1, -0.05) is 0 Å². The van der Waals surface area contributed by atoms with Gasteiger partial charge in [0.2, 0.25) is 0 Å². The van der Waals surface area contributed by atoms with Crippen molar-refractivity contribution in [2.45, 2.75) is 0 Å². The van der Waals surface area contributed by atoms with E-state index in [1.54, 1.807) is 0 Å². The second kappa shape index (κ2) is 3.13. The molecule has 0 aliphatic carbocycles. The third-order valence-corrected chi connectivity index (χ3v) is 1.95. The lowest BCUT2D eigenvalue weighted by molar-refractivity contribution is 0.0692. The normalized spacial score (nSPS) is 10.4. The lowest BCUT2D eigenvalue weighted by Crippen LogP contribution is -2.12. The summed E-state index contributed by atoms with van der Waals surface area (Å²) in [5.74, 6) is -1.38. The maximum atomic E-state index is 11.2. The Hall–Kier alpha value is -2.30. The second-order valence-corrected chi connectivity index (χ2v) is 2.97. The second-order valence-electron chi connectivity index (χ2n) is 2.97. The van der Waals surface area contributed by atoms with Crippen LogP contribution in [0.1, 0.15) is 10.4 Å². The number of hydrogen-bond donors (Lipinski definition) is 2. The van der Waals surface area contributed by atoms with E-state index in [1.165, 1.54) is 24.3 Å². The van der Waals surface area contributed by atoms with E-state index in [2.05, 4.69) is 0 Å². The summed E-state index contributed by atoms with van der Waals surface area (Å²) < 4.78 is 4.74. The van der Waals surface area contributed by atoms with Crippen LogP contribution in [0.15, 0.2) is 33.5 Å². The molecule has 5 heteroatoms. The standard InChI is InChI=1S/C10H6O5/c11-6-2-1-5-3-7(9(12)13)10(14)15-8(5)4-6/h1-4,11H,(H,12,13). The first kappa shape index (κ1) is 9.26. The monoisotopic (exact) mass is 206 g/mol. The highest BCUT2D eigenvalue weighted by atomic mass is 16.4. The zero-order chi connectivity index (χ0) is 11.0. The van der Waals surface area contributed by atoms with E-state index < -0.39 is 17.2 Å². The van der Waals surface area contributed by atoms with Crippen molar-refractivity contribution in [2.24, 2.45) is 0 Å². The van der Waals surface area contributed by atoms with Gasteiger partial charge in [0, 0.05) is 11.5 Å². The lowest BCUT2D eigenvalue weighted by atomic mass is 10.2. The molecule has 0 aliphatic heterocycles. The minimum Gasteiger partial charge on any atom is -0.508 e. The van der Waals surface area contributed by atoms with Gasteiger partial charge in [-0.25, -0.2) is 9.59 Å². The Bertz CT molecular complexity index is 596. The van der Waals surface area contributed by atoms with E-state index in [0.717, 1.165) is 0 Å². The molecule has 15 heavy (non-hydrogen) atoms. The summed E-state index contributed by atoms with van der Waals surface area (Å²) in [6.07, 6.45) is 0. The first-order valence-electron chi connectivity index (χ1n) is 4.08. The maximum absolute atomic E-state index is 11.2. The molecule has 0 spiro atoms. The van der Waals surface area contributed by atoms with E-state index in [9.17, 15) is 9.59 Å². The molecule has 0 bridgehead atoms. The largest absolute Gasteiger partial charge is 0.508 e. The molecule has 0 radical (unpaired) electrons. The number of benzene rings is 1. The Balaban J connectivity index is 2.82. The highest BCUT2D eigenvalue weighted by molar-refractivity contribution is 5.91. The first-order valence-corrected chi connectivity index (χ1v) is 4.08. The van der Waals surface area contributed by atoms with E-state index in [-0.39, 0.29) is 11.3 Å². The molecule has 0 amide bonds. The molecule has 1 aromatic carbocycles. The van der Waals surface area contributed by atoms with Crippen molar-refractivity contribution in [1.82, 2.24) is 0 Å². The third-order valence-electron chi connectivity index (χ3n) is 1.95. The summed E-state index contributed by atoms with van der Waals surface area (Å²) >= 11 is 0. The molecule has 1 aromatic heterocycles. The molecule has 0 aliphatic rings. The van der Waals surface area contributed by atoms with Crippen LogP contribution >= 0.6 is 0 Å². The Morgan fingerprint density at radius 1 is 1.27 bits per heavy atom. The number of aromatic hydroxyl groups is 1. The zero-order valence-corrected chi connectivity index (χ0v) is 7.43. The molecule has 0 unspecified atom stereocenters. The average molecular weight is 206 g/mol. The summed E-state index contributed by atoms with van der Waals surface area (Å²) in [4.78, 5) is 21.8. The Morgan fingerprint density at radius 3 is 2.67 bits per heavy atom. The van der Waals surface area contributed by atoms with E-state index in [1.807, 2.05) is 0 Å². The molecule has 5 nitrogen and oxygen atoms in total. The summed E-state index contributed by atoms with van der Waals surface area (Å²) in [5, 5.41) is 18.2. The molecule has 0 saturated carbocycles. The molecule has 0 atom stereocenters. The molecule has 2 rings (SSSR count). The van der Waals surface area contributed by atoms with Crippen LogP contribution in [0.5, 0.6) is 5.75 Å². The van der Waals surface area contributed by atoms with Gasteiger partial charge in [0.25, 0.3) is 0 Å². The fraction of sp³-hybridized carbons (Fsp3) is 0. The van der Waals surface area contributed by atoms with Crippen molar-refractivity contribution in [1.29, 1.82) is 0 Å². The molecule has 1 heterocycles. The van der Waals surface area contributed by atoms with Gasteiger partial charge in [0.15, 0.2) is 0 Å². The van der Waals surface area contributed by atoms with Gasteiger partial charge in [0.05, 0.1) is 0 Å². The van der Waals surface area contributed by atoms with Crippen LogP contribution in [0, 0.1) is 0 Å². The summed E-state index contributed by atoms with van der Waals surface area (Å²) in [6.45, 7) is 0. The van der Waals surface area contributed by atoms with Crippen LogP contribution in [-0.2, 0) is 0 Å². The number of phenolic OH excluding ortho intramolecular Hbond substituents is 1. The smallest absolute Gasteiger partial charge is 0.351 e. The summed E-state index contributed by atoms with van der Waals surface area (Å²) in [6, 6.07) is 5.32. The van der Waals surface area contributed by atoms with E-state index >= 15 is 0 Å². The molecule has 0 fully saturated rings. The molecular weight excluding hydrogens is 200 g/mol. The lowest BCUT2D eigenvalue weighted by Gasteiger charge is -1.98. The van der Waals surface area contributed by atoms with E-state index in [4.69, 9.17) is 14.6 Å². The fourth-order valence-electron chi connectivity index (χ4n) is 1.25.